The number of benzene rings is 1. The molecule has 1 aliphatic rings. The SMILES string of the molecule is COC(=O)C=C1N[C@H](CC(=O)OC)Cc2ccccc21. The molecule has 0 saturated carbocycles. The third-order valence-electron chi connectivity index (χ3n) is 3.24. The van der Waals surface area contributed by atoms with E-state index in [-0.39, 0.29) is 18.4 Å². The van der Waals surface area contributed by atoms with Gasteiger partial charge in [0, 0.05) is 23.4 Å². The summed E-state index contributed by atoms with van der Waals surface area (Å²) in [5.74, 6) is -0.708. The second-order valence-electron chi connectivity index (χ2n) is 4.56. The number of methoxy groups -OCH3 is 2. The fourth-order valence-electron chi connectivity index (χ4n) is 2.28. The molecule has 0 saturated heterocycles. The van der Waals surface area contributed by atoms with Gasteiger partial charge in [0.05, 0.1) is 20.6 Å². The van der Waals surface area contributed by atoms with E-state index < -0.39 is 5.97 Å². The molecule has 0 fully saturated rings. The lowest BCUT2D eigenvalue weighted by Crippen LogP contribution is -2.37. The molecule has 0 spiro atoms. The average molecular weight is 275 g/mol. The Bertz CT molecular complexity index is 551. The number of hydrogen-bond donors (Lipinski definition) is 1. The van der Waals surface area contributed by atoms with Crippen LogP contribution in [0.1, 0.15) is 17.5 Å². The van der Waals surface area contributed by atoms with E-state index in [9.17, 15) is 9.59 Å². The molecular formula is C15H17NO4. The van der Waals surface area contributed by atoms with Gasteiger partial charge in [0.25, 0.3) is 0 Å². The summed E-state index contributed by atoms with van der Waals surface area (Å²) in [6, 6.07) is 7.69. The number of esters is 2. The number of ether oxygens (including phenoxy) is 2. The highest BCUT2D eigenvalue weighted by atomic mass is 16.5. The van der Waals surface area contributed by atoms with E-state index in [2.05, 4.69) is 14.8 Å². The standard InChI is InChI=1S/C15H17NO4/c1-19-14(17)8-11-7-10-5-3-4-6-12(10)13(16-11)9-15(18)20-2/h3-6,9,11,16H,7-8H2,1-2H3/t11-/m0/s1. The molecule has 0 radical (unpaired) electrons. The largest absolute Gasteiger partial charge is 0.469 e. The van der Waals surface area contributed by atoms with Crippen molar-refractivity contribution >= 4 is 17.6 Å². The summed E-state index contributed by atoms with van der Waals surface area (Å²) in [6.45, 7) is 0. The van der Waals surface area contributed by atoms with Gasteiger partial charge in [-0.3, -0.25) is 4.79 Å². The third kappa shape index (κ3) is 3.17. The van der Waals surface area contributed by atoms with Crippen molar-refractivity contribution < 1.29 is 19.1 Å². The van der Waals surface area contributed by atoms with Crippen LogP contribution >= 0.6 is 0 Å². The van der Waals surface area contributed by atoms with Crippen molar-refractivity contribution in [2.75, 3.05) is 14.2 Å². The smallest absolute Gasteiger partial charge is 0.332 e. The second-order valence-corrected chi connectivity index (χ2v) is 4.56. The van der Waals surface area contributed by atoms with E-state index in [0.29, 0.717) is 12.1 Å². The van der Waals surface area contributed by atoms with Gasteiger partial charge in [-0.2, -0.15) is 0 Å². The molecule has 0 aliphatic carbocycles. The minimum Gasteiger partial charge on any atom is -0.469 e. The maximum absolute atomic E-state index is 11.4. The lowest BCUT2D eigenvalue weighted by atomic mass is 9.91. The van der Waals surface area contributed by atoms with Gasteiger partial charge in [0.15, 0.2) is 0 Å². The summed E-state index contributed by atoms with van der Waals surface area (Å²) in [7, 11) is 2.70. The van der Waals surface area contributed by atoms with Crippen LogP contribution in [0.25, 0.3) is 5.70 Å². The van der Waals surface area contributed by atoms with Gasteiger partial charge in [-0.05, 0) is 12.0 Å². The molecule has 2 rings (SSSR count). The Morgan fingerprint density at radius 3 is 2.75 bits per heavy atom. The molecule has 5 nitrogen and oxygen atoms in total. The van der Waals surface area contributed by atoms with Crippen molar-refractivity contribution in [3.05, 3.63) is 41.5 Å². The number of fused-ring (bicyclic) bond motifs is 1. The highest BCUT2D eigenvalue weighted by Gasteiger charge is 2.24. The first-order valence-electron chi connectivity index (χ1n) is 6.35. The first kappa shape index (κ1) is 14.1. The van der Waals surface area contributed by atoms with Crippen LogP contribution in [0, 0.1) is 0 Å². The van der Waals surface area contributed by atoms with Crippen molar-refractivity contribution in [3.8, 4) is 0 Å². The topological polar surface area (TPSA) is 64.6 Å². The normalized spacial score (nSPS) is 18.9. The van der Waals surface area contributed by atoms with Crippen molar-refractivity contribution in [2.24, 2.45) is 0 Å². The van der Waals surface area contributed by atoms with Crippen LogP contribution in [-0.2, 0) is 25.5 Å². The van der Waals surface area contributed by atoms with E-state index in [0.717, 1.165) is 11.1 Å². The van der Waals surface area contributed by atoms with E-state index in [1.807, 2.05) is 24.3 Å². The second kappa shape index (κ2) is 6.23. The molecule has 1 aromatic carbocycles. The Balaban J connectivity index is 2.29. The summed E-state index contributed by atoms with van der Waals surface area (Å²) in [5.41, 5.74) is 2.72. The van der Waals surface area contributed by atoms with Crippen LogP contribution in [0.3, 0.4) is 0 Å². The van der Waals surface area contributed by atoms with Crippen LogP contribution in [0.15, 0.2) is 30.3 Å². The summed E-state index contributed by atoms with van der Waals surface area (Å²) < 4.78 is 9.35. The highest BCUT2D eigenvalue weighted by Crippen LogP contribution is 2.25. The fourth-order valence-corrected chi connectivity index (χ4v) is 2.28. The number of hydrogen-bond acceptors (Lipinski definition) is 5. The molecule has 1 atom stereocenters. The highest BCUT2D eigenvalue weighted by molar-refractivity contribution is 5.91. The van der Waals surface area contributed by atoms with Gasteiger partial charge >= 0.3 is 11.9 Å². The first-order chi connectivity index (χ1) is 9.63. The lowest BCUT2D eigenvalue weighted by molar-refractivity contribution is -0.141. The number of nitrogens with one attached hydrogen (secondary N) is 1. The quantitative estimate of drug-likeness (QED) is 0.665. The summed E-state index contributed by atoms with van der Waals surface area (Å²) >= 11 is 0. The van der Waals surface area contributed by atoms with Crippen LogP contribution in [0.5, 0.6) is 0 Å². The molecule has 0 bridgehead atoms. The molecule has 0 unspecified atom stereocenters. The molecule has 1 aromatic rings. The summed E-state index contributed by atoms with van der Waals surface area (Å²) in [4.78, 5) is 22.8. The Hall–Kier alpha value is -2.30. The predicted octanol–water partition coefficient (Wildman–Crippen LogP) is 1.28. The molecule has 1 aliphatic heterocycles. The molecule has 1 N–H and O–H groups in total. The monoisotopic (exact) mass is 275 g/mol. The van der Waals surface area contributed by atoms with Crippen LogP contribution in [0.2, 0.25) is 0 Å². The zero-order valence-corrected chi connectivity index (χ0v) is 11.5. The first-order valence-corrected chi connectivity index (χ1v) is 6.35. The average Bonchev–Trinajstić information content (AvgIpc) is 2.47. The predicted molar refractivity (Wildman–Crippen MR) is 73.7 cm³/mol. The van der Waals surface area contributed by atoms with Gasteiger partial charge in [0.1, 0.15) is 0 Å². The Morgan fingerprint density at radius 1 is 1.30 bits per heavy atom. The third-order valence-corrected chi connectivity index (χ3v) is 3.24. The van der Waals surface area contributed by atoms with Crippen LogP contribution < -0.4 is 5.32 Å². The maximum Gasteiger partial charge on any atom is 0.332 e. The minimum absolute atomic E-state index is 0.0896. The van der Waals surface area contributed by atoms with E-state index in [1.54, 1.807) is 0 Å². The van der Waals surface area contributed by atoms with E-state index in [1.165, 1.54) is 20.3 Å². The molecule has 20 heavy (non-hydrogen) atoms. The van der Waals surface area contributed by atoms with Gasteiger partial charge in [0.2, 0.25) is 0 Å². The van der Waals surface area contributed by atoms with E-state index in [4.69, 9.17) is 0 Å². The van der Waals surface area contributed by atoms with E-state index >= 15 is 0 Å². The summed E-state index contributed by atoms with van der Waals surface area (Å²) in [5, 5.41) is 3.20. The molecular weight excluding hydrogens is 258 g/mol. The van der Waals surface area contributed by atoms with Crippen LogP contribution in [0.4, 0.5) is 0 Å². The summed E-state index contributed by atoms with van der Waals surface area (Å²) in [6.07, 6.45) is 2.37. The van der Waals surface area contributed by atoms with Crippen molar-refractivity contribution in [1.82, 2.24) is 5.32 Å². The minimum atomic E-state index is -0.430. The fraction of sp³-hybridized carbons (Fsp3) is 0.333. The van der Waals surface area contributed by atoms with Crippen LogP contribution in [-0.4, -0.2) is 32.2 Å². The van der Waals surface area contributed by atoms with Crippen molar-refractivity contribution in [2.45, 2.75) is 18.9 Å². The zero-order valence-electron chi connectivity index (χ0n) is 11.5. The Kier molecular flexibility index (Phi) is 4.40. The Labute approximate surface area is 117 Å². The number of carbonyl (C=O) groups is 2. The molecule has 106 valence electrons. The van der Waals surface area contributed by atoms with Gasteiger partial charge in [-0.25, -0.2) is 4.79 Å². The molecule has 1 heterocycles. The lowest BCUT2D eigenvalue weighted by Gasteiger charge is -2.28. The zero-order chi connectivity index (χ0) is 14.5. The maximum atomic E-state index is 11.4. The van der Waals surface area contributed by atoms with Crippen molar-refractivity contribution in [1.29, 1.82) is 0 Å². The molecule has 0 amide bonds. The van der Waals surface area contributed by atoms with Crippen molar-refractivity contribution in [3.63, 3.8) is 0 Å². The molecule has 0 aromatic heterocycles. The molecule has 5 heteroatoms. The van der Waals surface area contributed by atoms with Gasteiger partial charge in [-0.1, -0.05) is 24.3 Å². The van der Waals surface area contributed by atoms with Gasteiger partial charge < -0.3 is 14.8 Å². The van der Waals surface area contributed by atoms with Gasteiger partial charge in [-0.15, -0.1) is 0 Å². The number of carbonyl (C=O) groups excluding carboxylic acids is 2. The Morgan fingerprint density at radius 2 is 2.05 bits per heavy atom. The number of rotatable bonds is 3.